The van der Waals surface area contributed by atoms with Crippen LogP contribution in [0.5, 0.6) is 0 Å². The number of nitrogens with zero attached hydrogens (tertiary/aromatic N) is 6. The Labute approximate surface area is 146 Å². The Bertz CT molecular complexity index is 918. The molecule has 1 N–H and O–H groups in total. The summed E-state index contributed by atoms with van der Waals surface area (Å²) in [5.74, 6) is 0. The molecule has 0 saturated heterocycles. The molecule has 2 aromatic heterocycles. The van der Waals surface area contributed by atoms with E-state index in [9.17, 15) is 5.26 Å². The molecule has 0 saturated carbocycles. The van der Waals surface area contributed by atoms with Crippen molar-refractivity contribution in [2.24, 2.45) is 0 Å². The third-order valence-corrected chi connectivity index (χ3v) is 4.53. The van der Waals surface area contributed by atoms with Crippen molar-refractivity contribution < 1.29 is 0 Å². The molecule has 3 heterocycles. The first-order valence-corrected chi connectivity index (χ1v) is 8.26. The van der Waals surface area contributed by atoms with Gasteiger partial charge >= 0.3 is 0 Å². The topological polar surface area (TPSA) is 74.7 Å². The smallest absolute Gasteiger partial charge is 0.104 e. The average Bonchev–Trinajstić information content (AvgIpc) is 3.31. The van der Waals surface area contributed by atoms with E-state index in [0.717, 1.165) is 31.0 Å². The molecule has 3 aromatic rings. The summed E-state index contributed by atoms with van der Waals surface area (Å²) in [6.07, 6.45) is 5.49. The van der Waals surface area contributed by atoms with Gasteiger partial charge in [-0.1, -0.05) is 6.07 Å². The third kappa shape index (κ3) is 2.77. The lowest BCUT2D eigenvalue weighted by atomic mass is 10.1. The zero-order valence-electron chi connectivity index (χ0n) is 14.1. The molecule has 0 unspecified atom stereocenters. The van der Waals surface area contributed by atoms with E-state index in [1.54, 1.807) is 10.9 Å². The van der Waals surface area contributed by atoms with Crippen LogP contribution in [0.25, 0.3) is 5.69 Å². The number of hydrogen-bond acceptors (Lipinski definition) is 5. The van der Waals surface area contributed by atoms with Crippen molar-refractivity contribution in [3.8, 4) is 11.8 Å². The molecule has 0 radical (unpaired) electrons. The maximum Gasteiger partial charge on any atom is 0.104 e. The number of nitriles is 1. The molecule has 126 valence electrons. The highest BCUT2D eigenvalue weighted by Gasteiger charge is 2.18. The van der Waals surface area contributed by atoms with Gasteiger partial charge in [-0.05, 0) is 18.2 Å². The second kappa shape index (κ2) is 6.42. The summed E-state index contributed by atoms with van der Waals surface area (Å²) in [5, 5.41) is 21.8. The van der Waals surface area contributed by atoms with Gasteiger partial charge in [-0.2, -0.15) is 15.5 Å². The van der Waals surface area contributed by atoms with E-state index in [-0.39, 0.29) is 0 Å². The van der Waals surface area contributed by atoms with Gasteiger partial charge in [-0.15, -0.1) is 0 Å². The fourth-order valence-corrected chi connectivity index (χ4v) is 3.27. The Balaban J connectivity index is 1.67. The van der Waals surface area contributed by atoms with Crippen molar-refractivity contribution in [1.29, 1.82) is 5.26 Å². The lowest BCUT2D eigenvalue weighted by molar-refractivity contribution is 0.473. The zero-order chi connectivity index (χ0) is 17.2. The minimum atomic E-state index is 0.618. The quantitative estimate of drug-likeness (QED) is 0.786. The van der Waals surface area contributed by atoms with Crippen LogP contribution in [0.2, 0.25) is 0 Å². The minimum Gasteiger partial charge on any atom is -0.369 e. The van der Waals surface area contributed by atoms with Crippen LogP contribution < -0.4 is 10.2 Å². The standard InChI is InChI=1S/C18H19N7/c1-23(13-14-11-22-25-9-7-20-12-18(14)25)16-4-2-5-17(15(16)10-19)24-8-3-6-21-24/h2-6,8,11,20H,7,9,12-13H2,1H3. The summed E-state index contributed by atoms with van der Waals surface area (Å²) < 4.78 is 3.78. The fourth-order valence-electron chi connectivity index (χ4n) is 3.27. The molecular weight excluding hydrogens is 314 g/mol. The molecule has 7 heteroatoms. The average molecular weight is 333 g/mol. The highest BCUT2D eigenvalue weighted by atomic mass is 15.3. The molecule has 0 atom stereocenters. The molecule has 25 heavy (non-hydrogen) atoms. The van der Waals surface area contributed by atoms with Crippen LogP contribution in [-0.2, 0) is 19.6 Å². The number of nitrogens with one attached hydrogen (secondary N) is 1. The number of rotatable bonds is 4. The Hall–Kier alpha value is -3.11. The number of fused-ring (bicyclic) bond motifs is 1. The number of benzene rings is 1. The minimum absolute atomic E-state index is 0.618. The van der Waals surface area contributed by atoms with Gasteiger partial charge in [0, 0.05) is 44.6 Å². The van der Waals surface area contributed by atoms with Gasteiger partial charge in [0.1, 0.15) is 11.6 Å². The SMILES string of the molecule is CN(Cc1cnn2c1CNCC2)c1cccc(-n2cccn2)c1C#N. The van der Waals surface area contributed by atoms with Gasteiger partial charge < -0.3 is 10.2 Å². The van der Waals surface area contributed by atoms with Crippen LogP contribution in [-0.4, -0.2) is 33.2 Å². The molecular formula is C18H19N7. The second-order valence-electron chi connectivity index (χ2n) is 6.11. The van der Waals surface area contributed by atoms with Crippen molar-refractivity contribution in [3.63, 3.8) is 0 Å². The number of aromatic nitrogens is 4. The summed E-state index contributed by atoms with van der Waals surface area (Å²) in [6, 6.07) is 10.0. The summed E-state index contributed by atoms with van der Waals surface area (Å²) in [5.41, 5.74) is 4.70. The van der Waals surface area contributed by atoms with Crippen LogP contribution in [0.15, 0.2) is 42.9 Å². The molecule has 4 rings (SSSR count). The van der Waals surface area contributed by atoms with Gasteiger partial charge in [0.15, 0.2) is 0 Å². The number of anilines is 1. The second-order valence-corrected chi connectivity index (χ2v) is 6.11. The Morgan fingerprint density at radius 1 is 1.32 bits per heavy atom. The van der Waals surface area contributed by atoms with Crippen LogP contribution in [0.1, 0.15) is 16.8 Å². The Morgan fingerprint density at radius 2 is 2.24 bits per heavy atom. The van der Waals surface area contributed by atoms with Crippen LogP contribution in [0.4, 0.5) is 5.69 Å². The van der Waals surface area contributed by atoms with Crippen LogP contribution >= 0.6 is 0 Å². The van der Waals surface area contributed by atoms with Crippen molar-refractivity contribution in [1.82, 2.24) is 24.9 Å². The third-order valence-electron chi connectivity index (χ3n) is 4.53. The van der Waals surface area contributed by atoms with Crippen molar-refractivity contribution in [2.75, 3.05) is 18.5 Å². The fraction of sp³-hybridized carbons (Fsp3) is 0.278. The van der Waals surface area contributed by atoms with E-state index in [0.29, 0.717) is 12.1 Å². The van der Waals surface area contributed by atoms with Gasteiger partial charge in [0.05, 0.1) is 29.8 Å². The zero-order valence-corrected chi connectivity index (χ0v) is 14.1. The van der Waals surface area contributed by atoms with E-state index < -0.39 is 0 Å². The summed E-state index contributed by atoms with van der Waals surface area (Å²) in [4.78, 5) is 2.10. The van der Waals surface area contributed by atoms with Gasteiger partial charge in [0.2, 0.25) is 0 Å². The molecule has 0 aliphatic carbocycles. The first-order valence-electron chi connectivity index (χ1n) is 8.26. The van der Waals surface area contributed by atoms with Crippen LogP contribution in [0, 0.1) is 11.3 Å². The molecule has 1 aromatic carbocycles. The molecule has 0 fully saturated rings. The van der Waals surface area contributed by atoms with Crippen molar-refractivity contribution in [3.05, 3.63) is 59.7 Å². The van der Waals surface area contributed by atoms with E-state index in [4.69, 9.17) is 0 Å². The highest BCUT2D eigenvalue weighted by Crippen LogP contribution is 2.26. The van der Waals surface area contributed by atoms with Gasteiger partial charge in [-0.25, -0.2) is 4.68 Å². The van der Waals surface area contributed by atoms with Gasteiger partial charge in [0.25, 0.3) is 0 Å². The maximum atomic E-state index is 9.72. The summed E-state index contributed by atoms with van der Waals surface area (Å²) in [7, 11) is 2.00. The molecule has 1 aliphatic rings. The molecule has 7 nitrogen and oxygen atoms in total. The van der Waals surface area contributed by atoms with E-state index >= 15 is 0 Å². The molecule has 0 amide bonds. The van der Waals surface area contributed by atoms with Crippen molar-refractivity contribution in [2.45, 2.75) is 19.6 Å². The lowest BCUT2D eigenvalue weighted by Gasteiger charge is -2.23. The molecule has 0 spiro atoms. The maximum absolute atomic E-state index is 9.72. The molecule has 1 aliphatic heterocycles. The first kappa shape index (κ1) is 15.4. The summed E-state index contributed by atoms with van der Waals surface area (Å²) >= 11 is 0. The van der Waals surface area contributed by atoms with E-state index in [1.165, 1.54) is 11.3 Å². The summed E-state index contributed by atoms with van der Waals surface area (Å²) in [6.45, 7) is 3.39. The van der Waals surface area contributed by atoms with E-state index in [1.807, 2.05) is 43.7 Å². The first-order chi connectivity index (χ1) is 12.3. The lowest BCUT2D eigenvalue weighted by Crippen LogP contribution is -2.29. The predicted octanol–water partition coefficient (Wildman–Crippen LogP) is 1.68. The Kier molecular flexibility index (Phi) is 3.96. The predicted molar refractivity (Wildman–Crippen MR) is 94.3 cm³/mol. The van der Waals surface area contributed by atoms with Gasteiger partial charge in [-0.3, -0.25) is 4.68 Å². The largest absolute Gasteiger partial charge is 0.369 e. The highest BCUT2D eigenvalue weighted by molar-refractivity contribution is 5.67. The van der Waals surface area contributed by atoms with Crippen LogP contribution in [0.3, 0.4) is 0 Å². The number of hydrogen-bond donors (Lipinski definition) is 1. The van der Waals surface area contributed by atoms with E-state index in [2.05, 4.69) is 31.2 Å². The Morgan fingerprint density at radius 3 is 3.04 bits per heavy atom. The molecule has 0 bridgehead atoms. The monoisotopic (exact) mass is 333 g/mol. The normalized spacial score (nSPS) is 13.3. The van der Waals surface area contributed by atoms with Crippen molar-refractivity contribution >= 4 is 5.69 Å².